The predicted octanol–water partition coefficient (Wildman–Crippen LogP) is 2.86. The fraction of sp³-hybridized carbons (Fsp3) is 0.579. The molecule has 2 aliphatic heterocycles. The summed E-state index contributed by atoms with van der Waals surface area (Å²) in [4.78, 5) is 17.1. The van der Waals surface area contributed by atoms with Crippen LogP contribution in [0.4, 0.5) is 0 Å². The number of hydrogen-bond donors (Lipinski definition) is 0. The first-order chi connectivity index (χ1) is 12.2. The molecule has 1 amide bonds. The van der Waals surface area contributed by atoms with Crippen LogP contribution in [0.5, 0.6) is 11.5 Å². The molecule has 1 aromatic carbocycles. The van der Waals surface area contributed by atoms with E-state index in [0.717, 1.165) is 49.6 Å². The van der Waals surface area contributed by atoms with Crippen molar-refractivity contribution in [2.75, 3.05) is 39.4 Å². The number of ether oxygens (including phenoxy) is 2. The molecular weight excluding hydrogens is 336 g/mol. The highest BCUT2D eigenvalue weighted by molar-refractivity contribution is 7.80. The summed E-state index contributed by atoms with van der Waals surface area (Å²) in [5, 5.41) is 0. The highest BCUT2D eigenvalue weighted by Gasteiger charge is 2.20. The van der Waals surface area contributed by atoms with Gasteiger partial charge < -0.3 is 19.3 Å². The van der Waals surface area contributed by atoms with E-state index in [1.807, 2.05) is 30.0 Å². The minimum Gasteiger partial charge on any atom is -0.490 e. The van der Waals surface area contributed by atoms with E-state index in [9.17, 15) is 4.79 Å². The van der Waals surface area contributed by atoms with Gasteiger partial charge in [-0.05, 0) is 50.8 Å². The molecular formula is C19H26N2O3S. The second-order valence-corrected chi connectivity index (χ2v) is 6.86. The minimum absolute atomic E-state index is 0.0385. The van der Waals surface area contributed by atoms with E-state index in [4.69, 9.17) is 21.7 Å². The van der Waals surface area contributed by atoms with Gasteiger partial charge >= 0.3 is 0 Å². The molecule has 0 aromatic heterocycles. The summed E-state index contributed by atoms with van der Waals surface area (Å²) in [5.74, 6) is 1.29. The van der Waals surface area contributed by atoms with E-state index in [0.29, 0.717) is 18.1 Å². The van der Waals surface area contributed by atoms with Gasteiger partial charge in [-0.25, -0.2) is 0 Å². The molecule has 6 heteroatoms. The Kier molecular flexibility index (Phi) is 6.13. The summed E-state index contributed by atoms with van der Waals surface area (Å²) in [7, 11) is 0. The average Bonchev–Trinajstić information content (AvgIpc) is 3.33. The number of nitrogens with zero attached hydrogens (tertiary/aromatic N) is 2. The number of likely N-dealkylation sites (tertiary alicyclic amines) is 2. The standard InChI is InChI=1S/C19H26N2O3S/c1-2-23-17-13-15(19(25)21-11-5-6-12-21)7-8-16(17)24-14-18(22)20-9-3-4-10-20/h7-8,13H,2-6,9-12,14H2,1H3. The fourth-order valence-corrected chi connectivity index (χ4v) is 3.64. The molecule has 2 heterocycles. The lowest BCUT2D eigenvalue weighted by Crippen LogP contribution is -2.32. The number of rotatable bonds is 6. The van der Waals surface area contributed by atoms with E-state index >= 15 is 0 Å². The number of benzene rings is 1. The van der Waals surface area contributed by atoms with Crippen molar-refractivity contribution in [3.63, 3.8) is 0 Å². The van der Waals surface area contributed by atoms with Crippen LogP contribution in [0.3, 0.4) is 0 Å². The van der Waals surface area contributed by atoms with Gasteiger partial charge in [0.05, 0.1) is 6.61 Å². The van der Waals surface area contributed by atoms with Gasteiger partial charge in [0, 0.05) is 31.7 Å². The molecule has 2 saturated heterocycles. The van der Waals surface area contributed by atoms with Crippen LogP contribution in [-0.4, -0.2) is 60.1 Å². The first kappa shape index (κ1) is 18.0. The van der Waals surface area contributed by atoms with Crippen molar-refractivity contribution in [1.29, 1.82) is 0 Å². The maximum atomic E-state index is 12.2. The second-order valence-electron chi connectivity index (χ2n) is 6.47. The van der Waals surface area contributed by atoms with Gasteiger partial charge in [0.2, 0.25) is 0 Å². The lowest BCUT2D eigenvalue weighted by molar-refractivity contribution is -0.132. The topological polar surface area (TPSA) is 42.0 Å². The van der Waals surface area contributed by atoms with E-state index in [1.165, 1.54) is 12.8 Å². The maximum absolute atomic E-state index is 12.2. The summed E-state index contributed by atoms with van der Waals surface area (Å²) in [6.07, 6.45) is 4.55. The van der Waals surface area contributed by atoms with Crippen molar-refractivity contribution < 1.29 is 14.3 Å². The Labute approximate surface area is 154 Å². The quantitative estimate of drug-likeness (QED) is 0.728. The van der Waals surface area contributed by atoms with Crippen LogP contribution in [0.1, 0.15) is 38.2 Å². The summed E-state index contributed by atoms with van der Waals surface area (Å²) < 4.78 is 11.5. The third kappa shape index (κ3) is 4.42. The second kappa shape index (κ2) is 8.52. The molecule has 0 N–H and O–H groups in total. The molecule has 0 radical (unpaired) electrons. The first-order valence-electron chi connectivity index (χ1n) is 9.15. The van der Waals surface area contributed by atoms with E-state index in [2.05, 4.69) is 4.90 Å². The molecule has 2 fully saturated rings. The Morgan fingerprint density at radius 3 is 2.28 bits per heavy atom. The van der Waals surface area contributed by atoms with E-state index < -0.39 is 0 Å². The normalized spacial score (nSPS) is 17.0. The minimum atomic E-state index is 0.0385. The average molecular weight is 362 g/mol. The Morgan fingerprint density at radius 2 is 1.64 bits per heavy atom. The third-order valence-corrected chi connectivity index (χ3v) is 5.19. The van der Waals surface area contributed by atoms with Crippen LogP contribution in [0.25, 0.3) is 0 Å². The van der Waals surface area contributed by atoms with Crippen LogP contribution in [0.2, 0.25) is 0 Å². The first-order valence-corrected chi connectivity index (χ1v) is 9.56. The van der Waals surface area contributed by atoms with Crippen molar-refractivity contribution in [2.24, 2.45) is 0 Å². The molecule has 0 aliphatic carbocycles. The van der Waals surface area contributed by atoms with Crippen LogP contribution in [0, 0.1) is 0 Å². The number of amides is 1. The van der Waals surface area contributed by atoms with Gasteiger partial charge in [0.1, 0.15) is 4.99 Å². The molecule has 0 spiro atoms. The highest BCUT2D eigenvalue weighted by atomic mass is 32.1. The summed E-state index contributed by atoms with van der Waals surface area (Å²) in [5.41, 5.74) is 0.971. The van der Waals surface area contributed by atoms with Crippen LogP contribution in [0.15, 0.2) is 18.2 Å². The SMILES string of the molecule is CCOc1cc(C(=S)N2CCCC2)ccc1OCC(=O)N1CCCC1. The molecule has 3 rings (SSSR count). The molecule has 2 aliphatic rings. The number of thiocarbonyl (C=S) groups is 1. The molecule has 25 heavy (non-hydrogen) atoms. The van der Waals surface area contributed by atoms with Crippen molar-refractivity contribution >= 4 is 23.1 Å². The molecule has 0 bridgehead atoms. The van der Waals surface area contributed by atoms with Gasteiger partial charge in [-0.2, -0.15) is 0 Å². The van der Waals surface area contributed by atoms with Crippen molar-refractivity contribution in [1.82, 2.24) is 9.80 Å². The van der Waals surface area contributed by atoms with Gasteiger partial charge in [-0.3, -0.25) is 4.79 Å². The summed E-state index contributed by atoms with van der Waals surface area (Å²) >= 11 is 5.61. The zero-order valence-electron chi connectivity index (χ0n) is 14.8. The van der Waals surface area contributed by atoms with Crippen LogP contribution >= 0.6 is 12.2 Å². The van der Waals surface area contributed by atoms with Crippen molar-refractivity contribution in [3.05, 3.63) is 23.8 Å². The molecule has 1 aromatic rings. The zero-order chi connectivity index (χ0) is 17.6. The van der Waals surface area contributed by atoms with Crippen LogP contribution in [-0.2, 0) is 4.79 Å². The predicted molar refractivity (Wildman–Crippen MR) is 101 cm³/mol. The molecule has 0 unspecified atom stereocenters. The molecule has 136 valence electrons. The monoisotopic (exact) mass is 362 g/mol. The number of carbonyl (C=O) groups is 1. The zero-order valence-corrected chi connectivity index (χ0v) is 15.6. The maximum Gasteiger partial charge on any atom is 0.260 e. The van der Waals surface area contributed by atoms with Gasteiger partial charge in [-0.1, -0.05) is 12.2 Å². The number of hydrogen-bond acceptors (Lipinski definition) is 4. The fourth-order valence-electron chi connectivity index (χ4n) is 3.33. The van der Waals surface area contributed by atoms with Gasteiger partial charge in [-0.15, -0.1) is 0 Å². The lowest BCUT2D eigenvalue weighted by atomic mass is 10.2. The van der Waals surface area contributed by atoms with Gasteiger partial charge in [0.15, 0.2) is 18.1 Å². The molecule has 5 nitrogen and oxygen atoms in total. The Hall–Kier alpha value is -1.82. The largest absolute Gasteiger partial charge is 0.490 e. The van der Waals surface area contributed by atoms with E-state index in [1.54, 1.807) is 0 Å². The van der Waals surface area contributed by atoms with E-state index in [-0.39, 0.29) is 12.5 Å². The smallest absolute Gasteiger partial charge is 0.260 e. The third-order valence-electron chi connectivity index (χ3n) is 4.69. The van der Waals surface area contributed by atoms with Crippen molar-refractivity contribution in [3.8, 4) is 11.5 Å². The van der Waals surface area contributed by atoms with Gasteiger partial charge in [0.25, 0.3) is 5.91 Å². The Bertz CT molecular complexity index is 623. The Balaban J connectivity index is 1.67. The highest BCUT2D eigenvalue weighted by Crippen LogP contribution is 2.30. The number of carbonyl (C=O) groups excluding carboxylic acids is 1. The summed E-state index contributed by atoms with van der Waals surface area (Å²) in [6, 6.07) is 5.75. The van der Waals surface area contributed by atoms with Crippen LogP contribution < -0.4 is 9.47 Å². The van der Waals surface area contributed by atoms with Crippen molar-refractivity contribution in [2.45, 2.75) is 32.6 Å². The molecule has 0 atom stereocenters. The molecule has 0 saturated carbocycles. The lowest BCUT2D eigenvalue weighted by Gasteiger charge is -2.20. The summed E-state index contributed by atoms with van der Waals surface area (Å²) in [6.45, 7) is 6.24. The Morgan fingerprint density at radius 1 is 1.00 bits per heavy atom.